The molecule has 0 nitrogen and oxygen atoms in total. The van der Waals surface area contributed by atoms with Crippen molar-refractivity contribution in [3.8, 4) is 0 Å². The molecular formula is C25H28. The van der Waals surface area contributed by atoms with Crippen molar-refractivity contribution >= 4 is 0 Å². The van der Waals surface area contributed by atoms with Gasteiger partial charge in [0.25, 0.3) is 0 Å². The van der Waals surface area contributed by atoms with E-state index in [9.17, 15) is 0 Å². The van der Waals surface area contributed by atoms with Gasteiger partial charge >= 0.3 is 0 Å². The van der Waals surface area contributed by atoms with E-state index in [2.05, 4.69) is 113 Å². The molecule has 0 spiro atoms. The van der Waals surface area contributed by atoms with Crippen molar-refractivity contribution in [1.82, 2.24) is 0 Å². The topological polar surface area (TPSA) is 0 Å². The van der Waals surface area contributed by atoms with Gasteiger partial charge in [-0.15, -0.1) is 0 Å². The SMILES string of the molecule is Cc1ccc(C(c2ccccc2)(c2ccccc2)C(C)(C)C)cc1C. The highest BCUT2D eigenvalue weighted by Gasteiger charge is 2.46. The van der Waals surface area contributed by atoms with Crippen LogP contribution >= 0.6 is 0 Å². The van der Waals surface area contributed by atoms with Gasteiger partial charge in [0.05, 0.1) is 0 Å². The minimum absolute atomic E-state index is 0.0113. The van der Waals surface area contributed by atoms with Crippen LogP contribution < -0.4 is 0 Å². The van der Waals surface area contributed by atoms with Crippen LogP contribution in [0.5, 0.6) is 0 Å². The predicted octanol–water partition coefficient (Wildman–Crippen LogP) is 6.68. The first kappa shape index (κ1) is 17.5. The van der Waals surface area contributed by atoms with Gasteiger partial charge in [0.15, 0.2) is 0 Å². The van der Waals surface area contributed by atoms with Gasteiger partial charge in [-0.25, -0.2) is 0 Å². The second-order valence-electron chi connectivity index (χ2n) is 8.03. The number of benzene rings is 3. The normalized spacial score (nSPS) is 12.2. The summed E-state index contributed by atoms with van der Waals surface area (Å²) >= 11 is 0. The van der Waals surface area contributed by atoms with Gasteiger partial charge in [-0.3, -0.25) is 0 Å². The number of aryl methyl sites for hydroxylation is 2. The summed E-state index contributed by atoms with van der Waals surface area (Å²) in [4.78, 5) is 0. The molecule has 0 atom stereocenters. The minimum Gasteiger partial charge on any atom is -0.0622 e. The van der Waals surface area contributed by atoms with Crippen molar-refractivity contribution in [3.63, 3.8) is 0 Å². The van der Waals surface area contributed by atoms with E-state index in [1.54, 1.807) is 0 Å². The molecule has 0 saturated heterocycles. The highest BCUT2D eigenvalue weighted by molar-refractivity contribution is 5.53. The van der Waals surface area contributed by atoms with Gasteiger partial charge in [-0.05, 0) is 47.1 Å². The van der Waals surface area contributed by atoms with E-state index < -0.39 is 0 Å². The molecule has 3 aromatic carbocycles. The summed E-state index contributed by atoms with van der Waals surface area (Å²) in [5.74, 6) is 0. The van der Waals surface area contributed by atoms with E-state index in [-0.39, 0.29) is 10.8 Å². The lowest BCUT2D eigenvalue weighted by Crippen LogP contribution is -2.42. The fourth-order valence-corrected chi connectivity index (χ4v) is 4.15. The van der Waals surface area contributed by atoms with E-state index in [1.807, 2.05) is 0 Å². The third kappa shape index (κ3) is 2.91. The Morgan fingerprint density at radius 3 is 1.40 bits per heavy atom. The lowest BCUT2D eigenvalue weighted by molar-refractivity contribution is 0.272. The van der Waals surface area contributed by atoms with Crippen LogP contribution in [-0.2, 0) is 5.41 Å². The van der Waals surface area contributed by atoms with Crippen LogP contribution in [0.1, 0.15) is 48.6 Å². The van der Waals surface area contributed by atoms with Crippen molar-refractivity contribution < 1.29 is 0 Å². The molecule has 0 unspecified atom stereocenters. The molecule has 0 amide bonds. The molecule has 0 bridgehead atoms. The lowest BCUT2D eigenvalue weighted by Gasteiger charge is -2.47. The highest BCUT2D eigenvalue weighted by atomic mass is 14.5. The Hall–Kier alpha value is -2.34. The predicted molar refractivity (Wildman–Crippen MR) is 108 cm³/mol. The van der Waals surface area contributed by atoms with E-state index in [4.69, 9.17) is 0 Å². The maximum Gasteiger partial charge on any atom is 0.0499 e. The van der Waals surface area contributed by atoms with E-state index in [0.717, 1.165) is 0 Å². The quantitative estimate of drug-likeness (QED) is 0.470. The Bertz CT molecular complexity index is 797. The lowest BCUT2D eigenvalue weighted by atomic mass is 9.55. The second-order valence-corrected chi connectivity index (χ2v) is 8.03. The molecule has 0 aliphatic heterocycles. The average Bonchev–Trinajstić information content (AvgIpc) is 2.59. The summed E-state index contributed by atoms with van der Waals surface area (Å²) in [6.07, 6.45) is 0. The Balaban J connectivity index is 2.43. The van der Waals surface area contributed by atoms with Crippen molar-refractivity contribution in [2.75, 3.05) is 0 Å². The van der Waals surface area contributed by atoms with Crippen molar-refractivity contribution in [2.45, 2.75) is 40.0 Å². The number of hydrogen-bond acceptors (Lipinski definition) is 0. The van der Waals surface area contributed by atoms with E-state index in [1.165, 1.54) is 27.8 Å². The average molecular weight is 328 g/mol. The molecule has 0 fully saturated rings. The Kier molecular flexibility index (Phi) is 4.56. The summed E-state index contributed by atoms with van der Waals surface area (Å²) in [7, 11) is 0. The van der Waals surface area contributed by atoms with E-state index >= 15 is 0 Å². The van der Waals surface area contributed by atoms with Crippen LogP contribution in [0.2, 0.25) is 0 Å². The molecule has 0 aliphatic rings. The first-order valence-electron chi connectivity index (χ1n) is 9.06. The Morgan fingerprint density at radius 1 is 0.520 bits per heavy atom. The molecule has 128 valence electrons. The molecule has 3 aromatic rings. The molecule has 0 heterocycles. The molecule has 25 heavy (non-hydrogen) atoms. The van der Waals surface area contributed by atoms with Gasteiger partial charge < -0.3 is 0 Å². The van der Waals surface area contributed by atoms with Crippen LogP contribution in [0, 0.1) is 19.3 Å². The van der Waals surface area contributed by atoms with Crippen LogP contribution in [0.15, 0.2) is 78.9 Å². The van der Waals surface area contributed by atoms with Crippen LogP contribution in [0.3, 0.4) is 0 Å². The van der Waals surface area contributed by atoms with Crippen molar-refractivity contribution in [3.05, 3.63) is 107 Å². The first-order chi connectivity index (χ1) is 11.9. The summed E-state index contributed by atoms with van der Waals surface area (Å²) < 4.78 is 0. The molecule has 0 aliphatic carbocycles. The summed E-state index contributed by atoms with van der Waals surface area (Å²) in [5.41, 5.74) is 6.55. The number of rotatable bonds is 3. The summed E-state index contributed by atoms with van der Waals surface area (Å²) in [6, 6.07) is 28.8. The number of hydrogen-bond donors (Lipinski definition) is 0. The third-order valence-electron chi connectivity index (χ3n) is 5.48. The summed E-state index contributed by atoms with van der Waals surface area (Å²) in [6.45, 7) is 11.4. The van der Waals surface area contributed by atoms with Crippen molar-refractivity contribution in [2.24, 2.45) is 5.41 Å². The maximum absolute atomic E-state index is 2.38. The fourth-order valence-electron chi connectivity index (χ4n) is 4.15. The summed E-state index contributed by atoms with van der Waals surface area (Å²) in [5, 5.41) is 0. The van der Waals surface area contributed by atoms with Gasteiger partial charge in [0.2, 0.25) is 0 Å². The standard InChI is InChI=1S/C25H28/c1-19-16-17-23(18-20(19)2)25(24(3,4)5,21-12-8-6-9-13-21)22-14-10-7-11-15-22/h6-18H,1-5H3. The van der Waals surface area contributed by atoms with Crippen LogP contribution in [0.4, 0.5) is 0 Å². The maximum atomic E-state index is 2.38. The molecule has 0 saturated carbocycles. The van der Waals surface area contributed by atoms with Gasteiger partial charge in [-0.2, -0.15) is 0 Å². The Labute approximate surface area is 152 Å². The molecule has 0 aromatic heterocycles. The first-order valence-corrected chi connectivity index (χ1v) is 9.06. The van der Waals surface area contributed by atoms with Gasteiger partial charge in [0.1, 0.15) is 0 Å². The zero-order valence-electron chi connectivity index (χ0n) is 16.0. The zero-order chi connectivity index (χ0) is 18.1. The second kappa shape index (κ2) is 6.52. The van der Waals surface area contributed by atoms with Crippen LogP contribution in [0.25, 0.3) is 0 Å². The van der Waals surface area contributed by atoms with Gasteiger partial charge in [0, 0.05) is 5.41 Å². The molecule has 0 radical (unpaired) electrons. The molecule has 0 N–H and O–H groups in total. The van der Waals surface area contributed by atoms with E-state index in [0.29, 0.717) is 0 Å². The molecular weight excluding hydrogens is 300 g/mol. The Morgan fingerprint density at radius 2 is 1.00 bits per heavy atom. The minimum atomic E-state index is -0.200. The largest absolute Gasteiger partial charge is 0.0622 e. The molecule has 3 rings (SSSR count). The zero-order valence-corrected chi connectivity index (χ0v) is 16.0. The van der Waals surface area contributed by atoms with Gasteiger partial charge in [-0.1, -0.05) is 99.6 Å². The smallest absolute Gasteiger partial charge is 0.0499 e. The third-order valence-corrected chi connectivity index (χ3v) is 5.48. The van der Waals surface area contributed by atoms with Crippen LogP contribution in [-0.4, -0.2) is 0 Å². The van der Waals surface area contributed by atoms with Crippen molar-refractivity contribution in [1.29, 1.82) is 0 Å². The highest BCUT2D eigenvalue weighted by Crippen LogP contribution is 2.51. The molecule has 0 heteroatoms. The monoisotopic (exact) mass is 328 g/mol. The fraction of sp³-hybridized carbons (Fsp3) is 0.280.